The zero-order valence-electron chi connectivity index (χ0n) is 13.7. The molecule has 3 saturated heterocycles. The Kier molecular flexibility index (Phi) is 5.97. The highest BCUT2D eigenvalue weighted by atomic mass is 127. The zero-order chi connectivity index (χ0) is 15.5. The summed E-state index contributed by atoms with van der Waals surface area (Å²) in [5.74, 6) is 1.13. The van der Waals surface area contributed by atoms with Crippen LogP contribution in [0.15, 0.2) is 0 Å². The van der Waals surface area contributed by atoms with E-state index in [2.05, 4.69) is 40.7 Å². The Balaban J connectivity index is 1.32. The van der Waals surface area contributed by atoms with Gasteiger partial charge in [-0.2, -0.15) is 0 Å². The molecule has 3 fully saturated rings. The van der Waals surface area contributed by atoms with E-state index in [0.717, 1.165) is 25.0 Å². The number of piperazine rings is 1. The Hall–Kier alpha value is 0.0800. The van der Waals surface area contributed by atoms with Gasteiger partial charge in [-0.1, -0.05) is 6.92 Å². The number of likely N-dealkylation sites (tertiary alicyclic amines) is 2. The molecule has 0 spiro atoms. The molecular formula is C16H29IN4O. The molecule has 22 heavy (non-hydrogen) atoms. The molecule has 0 aromatic heterocycles. The summed E-state index contributed by atoms with van der Waals surface area (Å²) in [6.07, 6.45) is 3.05. The second-order valence-corrected chi connectivity index (χ2v) is 8.36. The van der Waals surface area contributed by atoms with Crippen molar-refractivity contribution in [2.45, 2.75) is 32.2 Å². The molecule has 3 rings (SSSR count). The van der Waals surface area contributed by atoms with Crippen LogP contribution in [0.4, 0.5) is 0 Å². The number of carbonyl (C=O) groups excluding carboxylic acids is 1. The minimum atomic E-state index is 0.330. The second kappa shape index (κ2) is 7.77. The fourth-order valence-corrected chi connectivity index (χ4v) is 4.37. The van der Waals surface area contributed by atoms with Gasteiger partial charge in [-0.05, 0) is 18.8 Å². The average Bonchev–Trinajstić information content (AvgIpc) is 2.51. The highest BCUT2D eigenvalue weighted by molar-refractivity contribution is 14.1. The first-order valence-electron chi connectivity index (χ1n) is 8.80. The number of hydrogen-bond acceptors (Lipinski definition) is 4. The molecule has 1 amide bonds. The van der Waals surface area contributed by atoms with Crippen molar-refractivity contribution < 1.29 is 4.79 Å². The summed E-state index contributed by atoms with van der Waals surface area (Å²) in [6.45, 7) is 12.6. The molecule has 0 aromatic carbocycles. The van der Waals surface area contributed by atoms with Crippen molar-refractivity contribution in [1.82, 2.24) is 17.8 Å². The van der Waals surface area contributed by atoms with Gasteiger partial charge >= 0.3 is 0 Å². The van der Waals surface area contributed by atoms with Crippen LogP contribution in [0.25, 0.3) is 0 Å². The van der Waals surface area contributed by atoms with Crippen LogP contribution in [-0.2, 0) is 4.79 Å². The first-order valence-corrected chi connectivity index (χ1v) is 9.77. The Bertz CT molecular complexity index is 372. The molecule has 0 N–H and O–H groups in total. The summed E-state index contributed by atoms with van der Waals surface area (Å²) in [5.41, 5.74) is 0. The van der Waals surface area contributed by atoms with Gasteiger partial charge < -0.3 is 4.90 Å². The Labute approximate surface area is 148 Å². The number of carbonyl (C=O) groups is 1. The smallest absolute Gasteiger partial charge is 0.222 e. The molecule has 126 valence electrons. The van der Waals surface area contributed by atoms with Crippen molar-refractivity contribution >= 4 is 28.8 Å². The van der Waals surface area contributed by atoms with E-state index >= 15 is 0 Å². The first-order chi connectivity index (χ1) is 10.7. The van der Waals surface area contributed by atoms with Crippen molar-refractivity contribution in [1.29, 1.82) is 0 Å². The van der Waals surface area contributed by atoms with E-state index in [-0.39, 0.29) is 0 Å². The quantitative estimate of drug-likeness (QED) is 0.507. The monoisotopic (exact) mass is 420 g/mol. The Morgan fingerprint density at radius 2 is 1.68 bits per heavy atom. The lowest BCUT2D eigenvalue weighted by Crippen LogP contribution is -2.63. The van der Waals surface area contributed by atoms with Crippen LogP contribution in [0, 0.1) is 5.92 Å². The summed E-state index contributed by atoms with van der Waals surface area (Å²) in [5, 5.41) is 0. The van der Waals surface area contributed by atoms with Crippen molar-refractivity contribution in [2.24, 2.45) is 5.92 Å². The predicted molar refractivity (Wildman–Crippen MR) is 97.0 cm³/mol. The number of amides is 1. The molecule has 6 heteroatoms. The molecule has 3 heterocycles. The van der Waals surface area contributed by atoms with Crippen molar-refractivity contribution in [2.75, 3.05) is 58.9 Å². The lowest BCUT2D eigenvalue weighted by Gasteiger charge is -2.49. The fraction of sp³-hybridized carbons (Fsp3) is 0.938. The van der Waals surface area contributed by atoms with E-state index in [1.54, 1.807) is 0 Å². The molecule has 3 aliphatic rings. The molecule has 0 aliphatic carbocycles. The number of piperidine rings is 1. The minimum absolute atomic E-state index is 0.330. The van der Waals surface area contributed by atoms with E-state index < -0.39 is 0 Å². The van der Waals surface area contributed by atoms with Crippen molar-refractivity contribution in [3.05, 3.63) is 0 Å². The summed E-state index contributed by atoms with van der Waals surface area (Å²) < 4.78 is 2.40. The second-order valence-electron chi connectivity index (χ2n) is 7.00. The summed E-state index contributed by atoms with van der Waals surface area (Å²) in [4.78, 5) is 19.1. The molecule has 0 aromatic rings. The number of rotatable bonds is 4. The van der Waals surface area contributed by atoms with Crippen LogP contribution in [0.1, 0.15) is 26.2 Å². The van der Waals surface area contributed by atoms with E-state index in [0.29, 0.717) is 12.3 Å². The van der Waals surface area contributed by atoms with E-state index in [1.165, 1.54) is 58.7 Å². The number of halogens is 1. The highest BCUT2D eigenvalue weighted by Crippen LogP contribution is 2.24. The first kappa shape index (κ1) is 16.9. The topological polar surface area (TPSA) is 30.0 Å². The van der Waals surface area contributed by atoms with Gasteiger partial charge in [0.1, 0.15) is 0 Å². The lowest BCUT2D eigenvalue weighted by molar-refractivity contribution is -0.132. The Morgan fingerprint density at radius 1 is 1.05 bits per heavy atom. The van der Waals surface area contributed by atoms with Gasteiger partial charge in [-0.15, -0.1) is 0 Å². The minimum Gasteiger partial charge on any atom is -0.343 e. The lowest BCUT2D eigenvalue weighted by atomic mass is 9.94. The fourth-order valence-electron chi connectivity index (χ4n) is 3.94. The van der Waals surface area contributed by atoms with Crippen LogP contribution in [0.2, 0.25) is 0 Å². The normalized spacial score (nSPS) is 27.1. The third-order valence-corrected chi connectivity index (χ3v) is 6.46. The standard InChI is InChI=1S/C16H29IN4O/c1-2-16(22)20-5-3-14(4-6-20)11-18-12-15(13-18)19-7-9-21(17)10-8-19/h14-15H,2-13H2,1H3. The average molecular weight is 420 g/mol. The largest absolute Gasteiger partial charge is 0.343 e. The van der Waals surface area contributed by atoms with E-state index in [4.69, 9.17) is 0 Å². The molecule has 0 radical (unpaired) electrons. The summed E-state index contributed by atoms with van der Waals surface area (Å²) >= 11 is 2.44. The van der Waals surface area contributed by atoms with Gasteiger partial charge in [0.15, 0.2) is 0 Å². The molecule has 3 aliphatic heterocycles. The van der Waals surface area contributed by atoms with Crippen LogP contribution in [-0.4, -0.2) is 88.7 Å². The SMILES string of the molecule is CCC(=O)N1CCC(CN2CC(N3CCN(I)CC3)C2)CC1. The molecule has 0 unspecified atom stereocenters. The molecule has 0 bridgehead atoms. The van der Waals surface area contributed by atoms with Gasteiger partial charge in [0.25, 0.3) is 0 Å². The third kappa shape index (κ3) is 4.13. The third-order valence-electron chi connectivity index (χ3n) is 5.50. The van der Waals surface area contributed by atoms with Crippen LogP contribution in [0.3, 0.4) is 0 Å². The summed E-state index contributed by atoms with van der Waals surface area (Å²) in [6, 6.07) is 0.798. The van der Waals surface area contributed by atoms with Crippen molar-refractivity contribution in [3.8, 4) is 0 Å². The van der Waals surface area contributed by atoms with Crippen LogP contribution in [0.5, 0.6) is 0 Å². The predicted octanol–water partition coefficient (Wildman–Crippen LogP) is 1.29. The van der Waals surface area contributed by atoms with Gasteiger partial charge in [0.2, 0.25) is 5.91 Å². The maximum absolute atomic E-state index is 11.7. The molecule has 0 atom stereocenters. The molecule has 0 saturated carbocycles. The number of hydrogen-bond donors (Lipinski definition) is 0. The highest BCUT2D eigenvalue weighted by Gasteiger charge is 2.34. The molecule has 5 nitrogen and oxygen atoms in total. The van der Waals surface area contributed by atoms with Crippen LogP contribution < -0.4 is 0 Å². The Morgan fingerprint density at radius 3 is 2.27 bits per heavy atom. The van der Waals surface area contributed by atoms with Gasteiger partial charge in [-0.3, -0.25) is 14.6 Å². The van der Waals surface area contributed by atoms with Gasteiger partial charge in [-0.25, -0.2) is 3.11 Å². The van der Waals surface area contributed by atoms with Crippen LogP contribution >= 0.6 is 22.9 Å². The van der Waals surface area contributed by atoms with Crippen molar-refractivity contribution in [3.63, 3.8) is 0 Å². The zero-order valence-corrected chi connectivity index (χ0v) is 15.9. The number of nitrogens with zero attached hydrogens (tertiary/aromatic N) is 4. The van der Waals surface area contributed by atoms with E-state index in [9.17, 15) is 4.79 Å². The maximum atomic E-state index is 11.7. The summed E-state index contributed by atoms with van der Waals surface area (Å²) in [7, 11) is 0. The van der Waals surface area contributed by atoms with Gasteiger partial charge in [0, 0.05) is 94.2 Å². The maximum Gasteiger partial charge on any atom is 0.222 e. The van der Waals surface area contributed by atoms with E-state index in [1.807, 2.05) is 6.92 Å². The molecular weight excluding hydrogens is 391 g/mol. The van der Waals surface area contributed by atoms with Gasteiger partial charge in [0.05, 0.1) is 0 Å².